The molecule has 1 rings (SSSR count). The molecule has 1 heterocycles. The summed E-state index contributed by atoms with van der Waals surface area (Å²) in [7, 11) is 0. The minimum atomic E-state index is -1.28. The Balaban J connectivity index is 2.77. The molecule has 1 atom stereocenters. The van der Waals surface area contributed by atoms with Crippen LogP contribution in [0.2, 0.25) is 0 Å². The zero-order chi connectivity index (χ0) is 5.33. The average Bonchev–Trinajstić information content (AvgIpc) is 1.84. The van der Waals surface area contributed by atoms with Gasteiger partial charge in [0.05, 0.1) is 6.20 Å². The molecule has 37 valence electrons. The van der Waals surface area contributed by atoms with Gasteiger partial charge in [-0.15, -0.1) is 5.11 Å². The van der Waals surface area contributed by atoms with Gasteiger partial charge in [-0.3, -0.25) is 0 Å². The fraction of sp³-hybridized carbons (Fsp3) is 0.500. The largest absolute Gasteiger partial charge is 0.230 e. The first-order valence-electron chi connectivity index (χ1n) is 2.01. The van der Waals surface area contributed by atoms with Gasteiger partial charge in [-0.1, -0.05) is 0 Å². The summed E-state index contributed by atoms with van der Waals surface area (Å²) in [6, 6.07) is 0. The van der Waals surface area contributed by atoms with Crippen LogP contribution in [0.15, 0.2) is 22.5 Å². The Bertz CT molecular complexity index is 112. The van der Waals surface area contributed by atoms with Crippen LogP contribution in [0.3, 0.4) is 0 Å². The standard InChI is InChI=1S/C4H5N2O/c1-4(7)2-3-5-6-4/h2-3H,1H3. The number of azo groups is 1. The Morgan fingerprint density at radius 1 is 1.71 bits per heavy atom. The minimum absolute atomic E-state index is 1.28. The molecule has 0 fully saturated rings. The van der Waals surface area contributed by atoms with Crippen molar-refractivity contribution >= 4 is 0 Å². The minimum Gasteiger partial charge on any atom is -0.197 e. The molecule has 0 bridgehead atoms. The van der Waals surface area contributed by atoms with Crippen molar-refractivity contribution in [3.8, 4) is 0 Å². The molecular formula is C4H5N2O. The van der Waals surface area contributed by atoms with E-state index in [1.54, 1.807) is 0 Å². The van der Waals surface area contributed by atoms with Crippen LogP contribution in [-0.2, 0) is 5.11 Å². The molecule has 1 unspecified atom stereocenters. The molecule has 0 aromatic rings. The fourth-order valence-corrected chi connectivity index (χ4v) is 0.353. The van der Waals surface area contributed by atoms with E-state index in [4.69, 9.17) is 0 Å². The molecule has 0 spiro atoms. The predicted octanol–water partition coefficient (Wildman–Crippen LogP) is 1.11. The molecule has 0 aromatic heterocycles. The third-order valence-electron chi connectivity index (χ3n) is 0.707. The first-order valence-corrected chi connectivity index (χ1v) is 2.01. The molecule has 7 heavy (non-hydrogen) atoms. The van der Waals surface area contributed by atoms with Gasteiger partial charge >= 0.3 is 0 Å². The first-order chi connectivity index (χ1) is 3.21. The normalized spacial score (nSPS) is 37.4. The third kappa shape index (κ3) is 0.838. The molecule has 3 heteroatoms. The van der Waals surface area contributed by atoms with E-state index < -0.39 is 5.72 Å². The summed E-state index contributed by atoms with van der Waals surface area (Å²) >= 11 is 0. The SMILES string of the molecule is CC1([O])C=CN=N1. The molecule has 0 saturated heterocycles. The van der Waals surface area contributed by atoms with Gasteiger partial charge in [-0.05, 0) is 13.0 Å². The maximum Gasteiger partial charge on any atom is 0.230 e. The number of hydrogen-bond donors (Lipinski definition) is 0. The van der Waals surface area contributed by atoms with Crippen LogP contribution in [0.4, 0.5) is 0 Å². The van der Waals surface area contributed by atoms with Crippen molar-refractivity contribution in [3.63, 3.8) is 0 Å². The Morgan fingerprint density at radius 3 is 2.57 bits per heavy atom. The summed E-state index contributed by atoms with van der Waals surface area (Å²) < 4.78 is 0. The van der Waals surface area contributed by atoms with Crippen molar-refractivity contribution in [2.24, 2.45) is 10.2 Å². The predicted molar refractivity (Wildman–Crippen MR) is 23.1 cm³/mol. The number of rotatable bonds is 0. The summed E-state index contributed by atoms with van der Waals surface area (Å²) in [6.07, 6.45) is 2.82. The topological polar surface area (TPSA) is 44.6 Å². The van der Waals surface area contributed by atoms with Crippen LogP contribution in [0.5, 0.6) is 0 Å². The van der Waals surface area contributed by atoms with Gasteiger partial charge in [-0.2, -0.15) is 10.2 Å². The Hall–Kier alpha value is -0.700. The van der Waals surface area contributed by atoms with Crippen LogP contribution in [0.1, 0.15) is 6.92 Å². The summed E-state index contributed by atoms with van der Waals surface area (Å²) in [5, 5.41) is 17.2. The highest BCUT2D eigenvalue weighted by atomic mass is 16.3. The van der Waals surface area contributed by atoms with E-state index in [1.807, 2.05) is 0 Å². The van der Waals surface area contributed by atoms with E-state index in [9.17, 15) is 5.11 Å². The van der Waals surface area contributed by atoms with Crippen molar-refractivity contribution in [1.29, 1.82) is 0 Å². The van der Waals surface area contributed by atoms with Crippen molar-refractivity contribution in [2.45, 2.75) is 12.6 Å². The Kier molecular flexibility index (Phi) is 0.722. The van der Waals surface area contributed by atoms with E-state index >= 15 is 0 Å². The zero-order valence-electron chi connectivity index (χ0n) is 3.96. The van der Waals surface area contributed by atoms with Crippen molar-refractivity contribution in [2.75, 3.05) is 0 Å². The van der Waals surface area contributed by atoms with Gasteiger partial charge in [0.2, 0.25) is 5.72 Å². The monoisotopic (exact) mass is 97.0 g/mol. The van der Waals surface area contributed by atoms with Crippen LogP contribution in [0, 0.1) is 0 Å². The quantitative estimate of drug-likeness (QED) is 0.434. The van der Waals surface area contributed by atoms with E-state index in [1.165, 1.54) is 19.2 Å². The first kappa shape index (κ1) is 4.46. The van der Waals surface area contributed by atoms with Gasteiger partial charge in [0.15, 0.2) is 0 Å². The van der Waals surface area contributed by atoms with Crippen LogP contribution < -0.4 is 0 Å². The van der Waals surface area contributed by atoms with Gasteiger partial charge < -0.3 is 0 Å². The highest BCUT2D eigenvalue weighted by molar-refractivity contribution is 4.98. The second-order valence-electron chi connectivity index (χ2n) is 1.59. The van der Waals surface area contributed by atoms with Crippen LogP contribution in [0.25, 0.3) is 0 Å². The summed E-state index contributed by atoms with van der Waals surface area (Å²) in [5.41, 5.74) is -1.28. The molecule has 1 aliphatic heterocycles. The van der Waals surface area contributed by atoms with Gasteiger partial charge in [0.1, 0.15) is 0 Å². The Morgan fingerprint density at radius 2 is 2.43 bits per heavy atom. The maximum atomic E-state index is 10.6. The molecule has 0 N–H and O–H groups in total. The van der Waals surface area contributed by atoms with Crippen molar-refractivity contribution in [1.82, 2.24) is 0 Å². The molecule has 0 aliphatic carbocycles. The molecule has 1 radical (unpaired) electrons. The lowest BCUT2D eigenvalue weighted by molar-refractivity contribution is 0.0384. The molecule has 0 saturated carbocycles. The smallest absolute Gasteiger partial charge is 0.197 e. The molecular weight excluding hydrogens is 92.1 g/mol. The van der Waals surface area contributed by atoms with E-state index in [2.05, 4.69) is 10.2 Å². The highest BCUT2D eigenvalue weighted by Gasteiger charge is 2.19. The summed E-state index contributed by atoms with van der Waals surface area (Å²) in [5.74, 6) is 0. The highest BCUT2D eigenvalue weighted by Crippen LogP contribution is 2.13. The van der Waals surface area contributed by atoms with Crippen LogP contribution in [-0.4, -0.2) is 5.72 Å². The second-order valence-corrected chi connectivity index (χ2v) is 1.59. The third-order valence-corrected chi connectivity index (χ3v) is 0.707. The fourth-order valence-electron chi connectivity index (χ4n) is 0.353. The van der Waals surface area contributed by atoms with Gasteiger partial charge in [-0.25, -0.2) is 0 Å². The average molecular weight is 97.1 g/mol. The Labute approximate surface area is 41.4 Å². The van der Waals surface area contributed by atoms with E-state index in [-0.39, 0.29) is 0 Å². The molecule has 1 aliphatic rings. The summed E-state index contributed by atoms with van der Waals surface area (Å²) in [6.45, 7) is 1.46. The lowest BCUT2D eigenvalue weighted by atomic mass is 10.3. The number of nitrogens with zero attached hydrogens (tertiary/aromatic N) is 2. The van der Waals surface area contributed by atoms with E-state index in [0.717, 1.165) is 0 Å². The van der Waals surface area contributed by atoms with Crippen molar-refractivity contribution in [3.05, 3.63) is 12.3 Å². The van der Waals surface area contributed by atoms with Crippen molar-refractivity contribution < 1.29 is 5.11 Å². The zero-order valence-corrected chi connectivity index (χ0v) is 3.96. The second kappa shape index (κ2) is 1.13. The number of hydrogen-bond acceptors (Lipinski definition) is 2. The summed E-state index contributed by atoms with van der Waals surface area (Å²) in [4.78, 5) is 0. The van der Waals surface area contributed by atoms with Gasteiger partial charge in [0, 0.05) is 0 Å². The molecule has 0 aromatic carbocycles. The molecule has 0 amide bonds. The van der Waals surface area contributed by atoms with E-state index in [0.29, 0.717) is 0 Å². The van der Waals surface area contributed by atoms with Crippen LogP contribution >= 0.6 is 0 Å². The lowest BCUT2D eigenvalue weighted by Crippen LogP contribution is -2.10. The molecule has 3 nitrogen and oxygen atoms in total. The lowest BCUT2D eigenvalue weighted by Gasteiger charge is -1.99. The maximum absolute atomic E-state index is 10.6. The van der Waals surface area contributed by atoms with Gasteiger partial charge in [0.25, 0.3) is 0 Å².